The predicted molar refractivity (Wildman–Crippen MR) is 55.7 cm³/mol. The Bertz CT molecular complexity index is 476. The van der Waals surface area contributed by atoms with Gasteiger partial charge in [0.2, 0.25) is 0 Å². The summed E-state index contributed by atoms with van der Waals surface area (Å²) in [6, 6.07) is 0. The molecule has 1 heterocycles. The summed E-state index contributed by atoms with van der Waals surface area (Å²) < 4.78 is 26.6. The summed E-state index contributed by atoms with van der Waals surface area (Å²) in [5, 5.41) is 11.9. The Morgan fingerprint density at radius 1 is 1.69 bits per heavy atom. The van der Waals surface area contributed by atoms with Gasteiger partial charge in [-0.3, -0.25) is 9.48 Å². The maximum atomic E-state index is 11.7. The summed E-state index contributed by atoms with van der Waals surface area (Å²) in [6.45, 7) is -0.195. The van der Waals surface area contributed by atoms with Crippen molar-refractivity contribution in [3.63, 3.8) is 0 Å². The summed E-state index contributed by atoms with van der Waals surface area (Å²) in [5.41, 5.74) is 0. The molecule has 0 bridgehead atoms. The molecule has 0 aliphatic carbocycles. The van der Waals surface area contributed by atoms with Gasteiger partial charge in [0.15, 0.2) is 5.03 Å². The van der Waals surface area contributed by atoms with Gasteiger partial charge in [-0.1, -0.05) is 11.6 Å². The van der Waals surface area contributed by atoms with E-state index in [0.29, 0.717) is 0 Å². The number of carboxylic acids is 1. The minimum Gasteiger partial charge on any atom is -0.481 e. The van der Waals surface area contributed by atoms with E-state index < -0.39 is 16.0 Å². The van der Waals surface area contributed by atoms with Crippen LogP contribution in [0, 0.1) is 0 Å². The Labute approximate surface area is 97.1 Å². The van der Waals surface area contributed by atoms with E-state index in [4.69, 9.17) is 16.7 Å². The van der Waals surface area contributed by atoms with Crippen LogP contribution in [0.3, 0.4) is 0 Å². The summed E-state index contributed by atoms with van der Waals surface area (Å²) >= 11 is 5.65. The molecule has 1 aromatic rings. The first-order valence-corrected chi connectivity index (χ1v) is 6.09. The first-order chi connectivity index (χ1) is 7.34. The summed E-state index contributed by atoms with van der Waals surface area (Å²) in [7, 11) is -2.39. The number of nitrogens with zero attached hydrogens (tertiary/aromatic N) is 2. The summed E-state index contributed by atoms with van der Waals surface area (Å²) in [5.74, 6) is -1.08. The Balaban J connectivity index is 2.83. The highest BCUT2D eigenvalue weighted by molar-refractivity contribution is 7.89. The smallest absolute Gasteiger partial charge is 0.304 e. The van der Waals surface area contributed by atoms with Crippen molar-refractivity contribution >= 4 is 27.6 Å². The molecule has 2 N–H and O–H groups in total. The van der Waals surface area contributed by atoms with Gasteiger partial charge in [0.25, 0.3) is 10.0 Å². The molecule has 0 aliphatic heterocycles. The van der Waals surface area contributed by atoms with Gasteiger partial charge in [-0.2, -0.15) is 5.10 Å². The molecule has 90 valence electrons. The molecule has 0 aliphatic rings. The fourth-order valence-electron chi connectivity index (χ4n) is 1.06. The van der Waals surface area contributed by atoms with Crippen LogP contribution in [0.5, 0.6) is 0 Å². The minimum atomic E-state index is -3.82. The number of hydrogen-bond donors (Lipinski definition) is 2. The summed E-state index contributed by atoms with van der Waals surface area (Å²) in [6.07, 6.45) is 0.905. The number of nitrogens with one attached hydrogen (secondary N) is 1. The standard InChI is InChI=1S/C7H10ClN3O4S/c1-11-7(5(8)4-9-11)16(14,15)10-3-2-6(12)13/h4,10H,2-3H2,1H3,(H,12,13). The Morgan fingerprint density at radius 3 is 2.75 bits per heavy atom. The number of carboxylic acid groups (broad SMARTS) is 1. The predicted octanol–water partition coefficient (Wildman–Crippen LogP) is -0.173. The topological polar surface area (TPSA) is 101 Å². The van der Waals surface area contributed by atoms with Crippen molar-refractivity contribution in [1.29, 1.82) is 0 Å². The van der Waals surface area contributed by atoms with E-state index in [1.54, 1.807) is 0 Å². The van der Waals surface area contributed by atoms with E-state index in [1.165, 1.54) is 13.2 Å². The molecule has 7 nitrogen and oxygen atoms in total. The number of aryl methyl sites for hydroxylation is 1. The number of aromatic nitrogens is 2. The second kappa shape index (κ2) is 4.81. The number of aliphatic carboxylic acids is 1. The average Bonchev–Trinajstić information content (AvgIpc) is 2.45. The third-order valence-electron chi connectivity index (χ3n) is 1.73. The fourth-order valence-corrected chi connectivity index (χ4v) is 2.75. The van der Waals surface area contributed by atoms with E-state index in [-0.39, 0.29) is 23.0 Å². The van der Waals surface area contributed by atoms with Crippen molar-refractivity contribution < 1.29 is 18.3 Å². The second-order valence-electron chi connectivity index (χ2n) is 2.96. The van der Waals surface area contributed by atoms with Crippen LogP contribution in [-0.4, -0.2) is 35.8 Å². The molecule has 0 amide bonds. The molecule has 16 heavy (non-hydrogen) atoms. The van der Waals surface area contributed by atoms with Crippen molar-refractivity contribution in [3.8, 4) is 0 Å². The third kappa shape index (κ3) is 2.94. The second-order valence-corrected chi connectivity index (χ2v) is 5.05. The van der Waals surface area contributed by atoms with Gasteiger partial charge < -0.3 is 5.11 Å². The molecule has 0 saturated heterocycles. The van der Waals surface area contributed by atoms with Gasteiger partial charge in [-0.25, -0.2) is 13.1 Å². The quantitative estimate of drug-likeness (QED) is 0.771. The largest absolute Gasteiger partial charge is 0.481 e. The van der Waals surface area contributed by atoms with Crippen molar-refractivity contribution in [2.45, 2.75) is 11.4 Å². The van der Waals surface area contributed by atoms with E-state index in [2.05, 4.69) is 9.82 Å². The average molecular weight is 268 g/mol. The number of carbonyl (C=O) groups is 1. The van der Waals surface area contributed by atoms with Crippen LogP contribution >= 0.6 is 11.6 Å². The zero-order chi connectivity index (χ0) is 12.3. The lowest BCUT2D eigenvalue weighted by Crippen LogP contribution is -2.28. The molecule has 0 radical (unpaired) electrons. The molecule has 0 spiro atoms. The Kier molecular flexibility index (Phi) is 3.89. The van der Waals surface area contributed by atoms with Gasteiger partial charge in [0.05, 0.1) is 17.6 Å². The van der Waals surface area contributed by atoms with Crippen LogP contribution in [0.2, 0.25) is 5.02 Å². The first-order valence-electron chi connectivity index (χ1n) is 4.23. The number of sulfonamides is 1. The normalized spacial score (nSPS) is 11.6. The lowest BCUT2D eigenvalue weighted by atomic mass is 10.5. The van der Waals surface area contributed by atoms with Crippen LogP contribution in [0.15, 0.2) is 11.2 Å². The van der Waals surface area contributed by atoms with Crippen LogP contribution in [-0.2, 0) is 21.9 Å². The Hall–Kier alpha value is -1.12. The number of hydrogen-bond acceptors (Lipinski definition) is 4. The van der Waals surface area contributed by atoms with Gasteiger partial charge in [0, 0.05) is 13.6 Å². The van der Waals surface area contributed by atoms with E-state index in [0.717, 1.165) is 4.68 Å². The minimum absolute atomic E-state index is 0.00896. The van der Waals surface area contributed by atoms with Crippen LogP contribution < -0.4 is 4.72 Å². The monoisotopic (exact) mass is 267 g/mol. The van der Waals surface area contributed by atoms with Gasteiger partial charge in [0.1, 0.15) is 0 Å². The highest BCUT2D eigenvalue weighted by atomic mass is 35.5. The molecule has 0 atom stereocenters. The van der Waals surface area contributed by atoms with E-state index >= 15 is 0 Å². The van der Waals surface area contributed by atoms with E-state index in [9.17, 15) is 13.2 Å². The van der Waals surface area contributed by atoms with Crippen molar-refractivity contribution in [3.05, 3.63) is 11.2 Å². The SMILES string of the molecule is Cn1ncc(Cl)c1S(=O)(=O)NCCC(=O)O. The number of halogens is 1. The van der Waals surface area contributed by atoms with Gasteiger partial charge >= 0.3 is 5.97 Å². The molecule has 0 unspecified atom stereocenters. The molecular weight excluding hydrogens is 258 g/mol. The van der Waals surface area contributed by atoms with Crippen molar-refractivity contribution in [1.82, 2.24) is 14.5 Å². The molecule has 9 heteroatoms. The molecule has 1 rings (SSSR count). The van der Waals surface area contributed by atoms with Crippen LogP contribution in [0.4, 0.5) is 0 Å². The molecule has 0 aromatic carbocycles. The highest BCUT2D eigenvalue weighted by Crippen LogP contribution is 2.19. The zero-order valence-corrected chi connectivity index (χ0v) is 9.92. The van der Waals surface area contributed by atoms with Crippen LogP contribution in [0.1, 0.15) is 6.42 Å². The summed E-state index contributed by atoms with van der Waals surface area (Å²) in [4.78, 5) is 10.2. The van der Waals surface area contributed by atoms with Crippen molar-refractivity contribution in [2.24, 2.45) is 7.05 Å². The van der Waals surface area contributed by atoms with E-state index in [1.807, 2.05) is 0 Å². The first kappa shape index (κ1) is 12.9. The molecule has 1 aromatic heterocycles. The lowest BCUT2D eigenvalue weighted by Gasteiger charge is -2.05. The maximum Gasteiger partial charge on any atom is 0.304 e. The molecule has 0 fully saturated rings. The fraction of sp³-hybridized carbons (Fsp3) is 0.429. The zero-order valence-electron chi connectivity index (χ0n) is 8.34. The lowest BCUT2D eigenvalue weighted by molar-refractivity contribution is -0.136. The van der Waals surface area contributed by atoms with Crippen molar-refractivity contribution in [2.75, 3.05) is 6.54 Å². The van der Waals surface area contributed by atoms with Gasteiger partial charge in [-0.05, 0) is 0 Å². The van der Waals surface area contributed by atoms with Crippen LogP contribution in [0.25, 0.3) is 0 Å². The van der Waals surface area contributed by atoms with Gasteiger partial charge in [-0.15, -0.1) is 0 Å². The molecule has 0 saturated carbocycles. The number of rotatable bonds is 5. The Morgan fingerprint density at radius 2 is 2.31 bits per heavy atom. The third-order valence-corrected chi connectivity index (χ3v) is 3.69. The highest BCUT2D eigenvalue weighted by Gasteiger charge is 2.22. The molecular formula is C7H10ClN3O4S. The maximum absolute atomic E-state index is 11.7.